The third kappa shape index (κ3) is 2.44. The number of halogens is 2. The molecule has 3 aromatic rings. The molecule has 0 atom stereocenters. The van der Waals surface area contributed by atoms with E-state index in [9.17, 15) is 5.21 Å². The zero-order chi connectivity index (χ0) is 15.0. The lowest BCUT2D eigenvalue weighted by Gasteiger charge is -2.19. The maximum Gasteiger partial charge on any atom is 0.178 e. The number of nitrogens with zero attached hydrogens (tertiary/aromatic N) is 3. The molecule has 0 aliphatic heterocycles. The number of fused-ring (bicyclic) bond motifs is 1. The number of amidine groups is 1. The molecule has 2 heterocycles. The van der Waals surface area contributed by atoms with Crippen LogP contribution < -0.4 is 5.06 Å². The van der Waals surface area contributed by atoms with Crippen LogP contribution in [0.2, 0.25) is 10.0 Å². The first kappa shape index (κ1) is 13.8. The summed E-state index contributed by atoms with van der Waals surface area (Å²) in [6.45, 7) is 0. The molecule has 0 unspecified atom stereocenters. The van der Waals surface area contributed by atoms with Gasteiger partial charge in [-0.15, -0.1) is 0 Å². The Hall–Kier alpha value is -2.15. The number of hydroxylamine groups is 1. The second-order valence-electron chi connectivity index (χ2n) is 4.22. The minimum Gasteiger partial charge on any atom is -0.343 e. The van der Waals surface area contributed by atoms with Crippen molar-refractivity contribution in [1.29, 1.82) is 5.41 Å². The van der Waals surface area contributed by atoms with Crippen LogP contribution in [0.5, 0.6) is 0 Å². The standard InChI is InChI=1S/C13H9Cl2N5O/c14-7-1-2-9(15)10(5-7)20(21)12(16)8-3-4-17-13-11(8)18-6-19-13/h1-6,16,21H,(H,17,18,19). The minimum atomic E-state index is -0.171. The maximum atomic E-state index is 10.3. The fourth-order valence-electron chi connectivity index (χ4n) is 1.93. The molecule has 0 bridgehead atoms. The molecular weight excluding hydrogens is 313 g/mol. The summed E-state index contributed by atoms with van der Waals surface area (Å²) in [5, 5.41) is 19.8. The second-order valence-corrected chi connectivity index (χ2v) is 5.06. The van der Waals surface area contributed by atoms with Crippen molar-refractivity contribution in [2.45, 2.75) is 0 Å². The van der Waals surface area contributed by atoms with Gasteiger partial charge in [-0.1, -0.05) is 23.2 Å². The fraction of sp³-hybridized carbons (Fsp3) is 0. The molecule has 0 amide bonds. The van der Waals surface area contributed by atoms with Gasteiger partial charge in [0.2, 0.25) is 0 Å². The Morgan fingerprint density at radius 1 is 1.24 bits per heavy atom. The van der Waals surface area contributed by atoms with Gasteiger partial charge in [0.1, 0.15) is 0 Å². The largest absolute Gasteiger partial charge is 0.343 e. The number of hydrogen-bond donors (Lipinski definition) is 3. The van der Waals surface area contributed by atoms with E-state index in [1.54, 1.807) is 18.2 Å². The molecular formula is C13H9Cl2N5O. The van der Waals surface area contributed by atoms with Crippen molar-refractivity contribution in [3.05, 3.63) is 52.4 Å². The van der Waals surface area contributed by atoms with Crippen LogP contribution in [0.3, 0.4) is 0 Å². The second kappa shape index (κ2) is 5.33. The highest BCUT2D eigenvalue weighted by Crippen LogP contribution is 2.29. The first-order valence-electron chi connectivity index (χ1n) is 5.89. The summed E-state index contributed by atoms with van der Waals surface area (Å²) in [5.41, 5.74) is 1.68. The Morgan fingerprint density at radius 2 is 2.05 bits per heavy atom. The number of pyridine rings is 1. The van der Waals surface area contributed by atoms with Crippen LogP contribution >= 0.6 is 23.2 Å². The zero-order valence-corrected chi connectivity index (χ0v) is 12.0. The van der Waals surface area contributed by atoms with Crippen molar-refractivity contribution in [1.82, 2.24) is 15.0 Å². The van der Waals surface area contributed by atoms with E-state index in [4.69, 9.17) is 28.6 Å². The van der Waals surface area contributed by atoms with Crippen LogP contribution in [0.25, 0.3) is 11.2 Å². The molecule has 0 radical (unpaired) electrons. The lowest BCUT2D eigenvalue weighted by Crippen LogP contribution is -2.27. The molecule has 8 heteroatoms. The van der Waals surface area contributed by atoms with Crippen LogP contribution in [0.4, 0.5) is 5.69 Å². The van der Waals surface area contributed by atoms with Crippen LogP contribution in [0.1, 0.15) is 5.56 Å². The summed E-state index contributed by atoms with van der Waals surface area (Å²) in [5.74, 6) is -0.171. The van der Waals surface area contributed by atoms with E-state index in [-0.39, 0.29) is 16.5 Å². The van der Waals surface area contributed by atoms with Gasteiger partial charge in [0.15, 0.2) is 11.5 Å². The summed E-state index contributed by atoms with van der Waals surface area (Å²) < 4.78 is 0. The number of anilines is 1. The molecule has 0 aliphatic carbocycles. The maximum absolute atomic E-state index is 10.3. The molecule has 0 saturated carbocycles. The van der Waals surface area contributed by atoms with E-state index < -0.39 is 0 Å². The van der Waals surface area contributed by atoms with Gasteiger partial charge in [0.25, 0.3) is 0 Å². The Kier molecular flexibility index (Phi) is 3.50. The number of benzene rings is 1. The molecule has 3 N–H and O–H groups in total. The number of aromatic nitrogens is 3. The molecule has 0 aliphatic rings. The van der Waals surface area contributed by atoms with E-state index >= 15 is 0 Å². The van der Waals surface area contributed by atoms with Gasteiger partial charge in [-0.05, 0) is 24.3 Å². The quantitative estimate of drug-likeness (QED) is 0.383. The lowest BCUT2D eigenvalue weighted by atomic mass is 10.2. The Balaban J connectivity index is 2.05. The number of nitrogens with one attached hydrogen (secondary N) is 2. The molecule has 106 valence electrons. The predicted octanol–water partition coefficient (Wildman–Crippen LogP) is 3.49. The van der Waals surface area contributed by atoms with Gasteiger partial charge in [-0.3, -0.25) is 10.6 Å². The van der Waals surface area contributed by atoms with Crippen LogP contribution in [-0.2, 0) is 0 Å². The Labute approximate surface area is 129 Å². The van der Waals surface area contributed by atoms with Crippen LogP contribution in [0, 0.1) is 5.41 Å². The van der Waals surface area contributed by atoms with E-state index in [1.807, 2.05) is 0 Å². The summed E-state index contributed by atoms with van der Waals surface area (Å²) in [4.78, 5) is 11.0. The van der Waals surface area contributed by atoms with Gasteiger partial charge >= 0.3 is 0 Å². The SMILES string of the molecule is N=C(c1ccnc2nc[nH]c12)N(O)c1cc(Cl)ccc1Cl. The highest BCUT2D eigenvalue weighted by atomic mass is 35.5. The van der Waals surface area contributed by atoms with Crippen molar-refractivity contribution in [3.8, 4) is 0 Å². The minimum absolute atomic E-state index is 0.171. The summed E-state index contributed by atoms with van der Waals surface area (Å²) >= 11 is 11.9. The summed E-state index contributed by atoms with van der Waals surface area (Å²) in [6.07, 6.45) is 2.99. The van der Waals surface area contributed by atoms with Gasteiger partial charge in [0.05, 0.1) is 22.6 Å². The topological polar surface area (TPSA) is 88.9 Å². The van der Waals surface area contributed by atoms with Crippen molar-refractivity contribution < 1.29 is 5.21 Å². The first-order valence-corrected chi connectivity index (χ1v) is 6.64. The van der Waals surface area contributed by atoms with Gasteiger partial charge in [-0.25, -0.2) is 15.0 Å². The average Bonchev–Trinajstić information content (AvgIpc) is 2.96. The van der Waals surface area contributed by atoms with E-state index in [2.05, 4.69) is 15.0 Å². The number of hydrogen-bond acceptors (Lipinski definition) is 4. The highest BCUT2D eigenvalue weighted by molar-refractivity contribution is 6.36. The number of aromatic amines is 1. The molecule has 0 spiro atoms. The normalized spacial score (nSPS) is 10.8. The van der Waals surface area contributed by atoms with Crippen molar-refractivity contribution in [2.75, 3.05) is 5.06 Å². The predicted molar refractivity (Wildman–Crippen MR) is 81.4 cm³/mol. The third-order valence-corrected chi connectivity index (χ3v) is 3.48. The number of rotatable bonds is 2. The summed E-state index contributed by atoms with van der Waals surface area (Å²) in [6, 6.07) is 6.23. The van der Waals surface area contributed by atoms with Crippen molar-refractivity contribution in [2.24, 2.45) is 0 Å². The molecule has 2 aromatic heterocycles. The van der Waals surface area contributed by atoms with Crippen molar-refractivity contribution in [3.63, 3.8) is 0 Å². The van der Waals surface area contributed by atoms with E-state index in [0.717, 1.165) is 0 Å². The third-order valence-electron chi connectivity index (χ3n) is 2.93. The molecule has 0 saturated heterocycles. The Bertz CT molecular complexity index is 832. The Morgan fingerprint density at radius 3 is 2.86 bits per heavy atom. The summed E-state index contributed by atoms with van der Waals surface area (Å²) in [7, 11) is 0. The molecule has 0 fully saturated rings. The van der Waals surface area contributed by atoms with Gasteiger partial charge < -0.3 is 4.98 Å². The average molecular weight is 322 g/mol. The van der Waals surface area contributed by atoms with E-state index in [0.29, 0.717) is 26.8 Å². The van der Waals surface area contributed by atoms with Gasteiger partial charge in [-0.2, -0.15) is 0 Å². The highest BCUT2D eigenvalue weighted by Gasteiger charge is 2.18. The number of imidazole rings is 1. The van der Waals surface area contributed by atoms with Crippen LogP contribution in [-0.4, -0.2) is 26.0 Å². The molecule has 3 rings (SSSR count). The molecule has 21 heavy (non-hydrogen) atoms. The molecule has 6 nitrogen and oxygen atoms in total. The fourth-order valence-corrected chi connectivity index (χ4v) is 2.29. The van der Waals surface area contributed by atoms with Crippen molar-refractivity contribution >= 4 is 45.9 Å². The lowest BCUT2D eigenvalue weighted by molar-refractivity contribution is 0.312. The molecule has 1 aromatic carbocycles. The monoisotopic (exact) mass is 321 g/mol. The van der Waals surface area contributed by atoms with E-state index in [1.165, 1.54) is 18.6 Å². The first-order chi connectivity index (χ1) is 10.1. The van der Waals surface area contributed by atoms with Crippen LogP contribution in [0.15, 0.2) is 36.8 Å². The number of H-pyrrole nitrogens is 1. The van der Waals surface area contributed by atoms with Gasteiger partial charge in [0, 0.05) is 16.8 Å². The zero-order valence-electron chi connectivity index (χ0n) is 10.5. The smallest absolute Gasteiger partial charge is 0.178 e.